The van der Waals surface area contributed by atoms with Gasteiger partial charge < -0.3 is 19.4 Å². The Balaban J connectivity index is 2.29. The van der Waals surface area contributed by atoms with Crippen molar-refractivity contribution in [1.82, 2.24) is 0 Å². The molecule has 0 aliphatic heterocycles. The third-order valence-electron chi connectivity index (χ3n) is 3.26. The molecule has 3 rings (SSSR count). The zero-order valence-electron chi connectivity index (χ0n) is 11.5. The van der Waals surface area contributed by atoms with Crippen LogP contribution in [0.5, 0.6) is 17.2 Å². The Hall–Kier alpha value is -2.60. The highest BCUT2D eigenvalue weighted by molar-refractivity contribution is 7.71. The van der Waals surface area contributed by atoms with Crippen LogP contribution in [0.2, 0.25) is 0 Å². The van der Waals surface area contributed by atoms with Crippen molar-refractivity contribution in [2.45, 2.75) is 0 Å². The molecule has 0 spiro atoms. The molecule has 0 radical (unpaired) electrons. The van der Waals surface area contributed by atoms with Crippen LogP contribution in [-0.4, -0.2) is 17.3 Å². The van der Waals surface area contributed by atoms with Crippen molar-refractivity contribution in [3.63, 3.8) is 0 Å². The smallest absolute Gasteiger partial charge is 0.203 e. The third-order valence-corrected chi connectivity index (χ3v) is 3.58. The lowest BCUT2D eigenvalue weighted by atomic mass is 10.1. The number of fused-ring (bicyclic) bond motifs is 1. The molecule has 1 heterocycles. The molecule has 0 atom stereocenters. The van der Waals surface area contributed by atoms with Crippen LogP contribution in [0, 0.1) is 10.3 Å². The molecule has 0 bridgehead atoms. The summed E-state index contributed by atoms with van der Waals surface area (Å²) in [5.41, 5.74) is 0.840. The number of phenolic OH excluding ortho intramolecular Hbond substituents is 2. The molecule has 1 aromatic heterocycles. The van der Waals surface area contributed by atoms with Gasteiger partial charge in [0.05, 0.1) is 17.0 Å². The second kappa shape index (κ2) is 5.31. The Morgan fingerprint density at radius 2 is 1.82 bits per heavy atom. The normalized spacial score (nSPS) is 10.8. The van der Waals surface area contributed by atoms with Crippen molar-refractivity contribution in [3.05, 3.63) is 46.7 Å². The molecule has 0 aliphatic rings. The van der Waals surface area contributed by atoms with Gasteiger partial charge in [0.2, 0.25) is 5.75 Å². The van der Waals surface area contributed by atoms with E-state index in [2.05, 4.69) is 0 Å². The van der Waals surface area contributed by atoms with E-state index in [-0.39, 0.29) is 34.0 Å². The summed E-state index contributed by atoms with van der Waals surface area (Å²) >= 11 is 5.27. The summed E-state index contributed by atoms with van der Waals surface area (Å²) in [5.74, 6) is -0.563. The van der Waals surface area contributed by atoms with Gasteiger partial charge in [0.15, 0.2) is 11.5 Å². The number of phenols is 2. The molecule has 0 saturated heterocycles. The van der Waals surface area contributed by atoms with Crippen molar-refractivity contribution in [2.75, 3.05) is 7.11 Å². The highest BCUT2D eigenvalue weighted by Crippen LogP contribution is 2.43. The first kappa shape index (κ1) is 14.3. The van der Waals surface area contributed by atoms with Crippen LogP contribution in [0.4, 0.5) is 4.39 Å². The number of ether oxygens (including phenoxy) is 1. The van der Waals surface area contributed by atoms with Crippen LogP contribution < -0.4 is 4.74 Å². The van der Waals surface area contributed by atoms with Gasteiger partial charge in [-0.25, -0.2) is 4.39 Å². The molecular formula is C16H11FO4S. The second-order valence-electron chi connectivity index (χ2n) is 4.63. The molecule has 0 amide bonds. The number of halogens is 1. The summed E-state index contributed by atoms with van der Waals surface area (Å²) in [5, 5.41) is 20.3. The van der Waals surface area contributed by atoms with Gasteiger partial charge in [0.25, 0.3) is 0 Å². The zero-order valence-corrected chi connectivity index (χ0v) is 12.3. The highest BCUT2D eigenvalue weighted by atomic mass is 32.1. The summed E-state index contributed by atoms with van der Waals surface area (Å²) in [7, 11) is 1.33. The van der Waals surface area contributed by atoms with Crippen molar-refractivity contribution < 1.29 is 23.8 Å². The molecule has 0 fully saturated rings. The molecule has 6 heteroatoms. The Labute approximate surface area is 130 Å². The van der Waals surface area contributed by atoms with E-state index < -0.39 is 0 Å². The van der Waals surface area contributed by atoms with E-state index in [4.69, 9.17) is 21.4 Å². The van der Waals surface area contributed by atoms with Gasteiger partial charge in [-0.05, 0) is 24.3 Å². The van der Waals surface area contributed by atoms with Crippen LogP contribution in [-0.2, 0) is 0 Å². The van der Waals surface area contributed by atoms with Gasteiger partial charge in [-0.3, -0.25) is 0 Å². The lowest BCUT2D eigenvalue weighted by molar-refractivity contribution is 0.346. The van der Waals surface area contributed by atoms with E-state index in [1.54, 1.807) is 18.2 Å². The van der Waals surface area contributed by atoms with Gasteiger partial charge in [-0.1, -0.05) is 12.2 Å². The average molecular weight is 318 g/mol. The van der Waals surface area contributed by atoms with Crippen LogP contribution in [0.3, 0.4) is 0 Å². The first-order chi connectivity index (χ1) is 10.5. The van der Waals surface area contributed by atoms with Crippen molar-refractivity contribution in [2.24, 2.45) is 0 Å². The summed E-state index contributed by atoms with van der Waals surface area (Å²) in [6.45, 7) is 0. The average Bonchev–Trinajstić information content (AvgIpc) is 2.47. The first-order valence-electron chi connectivity index (χ1n) is 6.34. The fraction of sp³-hybridized carbons (Fsp3) is 0.0625. The number of aromatic hydroxyl groups is 2. The molecule has 4 nitrogen and oxygen atoms in total. The minimum absolute atomic E-state index is 0.0664. The highest BCUT2D eigenvalue weighted by Gasteiger charge is 2.17. The van der Waals surface area contributed by atoms with Crippen LogP contribution in [0.15, 0.2) is 40.8 Å². The first-order valence-corrected chi connectivity index (χ1v) is 6.75. The van der Waals surface area contributed by atoms with E-state index >= 15 is 0 Å². The summed E-state index contributed by atoms with van der Waals surface area (Å²) in [6, 6.07) is 8.59. The molecule has 0 saturated carbocycles. The predicted octanol–water partition coefficient (Wildman–Crippen LogP) is 4.39. The molecule has 112 valence electrons. The van der Waals surface area contributed by atoms with Gasteiger partial charge in [-0.15, -0.1) is 0 Å². The Kier molecular flexibility index (Phi) is 3.46. The largest absolute Gasteiger partial charge is 0.504 e. The van der Waals surface area contributed by atoms with Crippen LogP contribution >= 0.6 is 12.2 Å². The molecule has 3 aromatic rings. The number of rotatable bonds is 2. The van der Waals surface area contributed by atoms with E-state index in [0.717, 1.165) is 0 Å². The Bertz CT molecular complexity index is 916. The molecule has 2 aromatic carbocycles. The van der Waals surface area contributed by atoms with Gasteiger partial charge in [0, 0.05) is 17.7 Å². The van der Waals surface area contributed by atoms with Crippen LogP contribution in [0.1, 0.15) is 0 Å². The lowest BCUT2D eigenvalue weighted by Crippen LogP contribution is -1.88. The molecule has 0 aliphatic carbocycles. The molecular weight excluding hydrogens is 307 g/mol. The van der Waals surface area contributed by atoms with E-state index in [9.17, 15) is 14.6 Å². The Morgan fingerprint density at radius 1 is 1.14 bits per heavy atom. The number of benzene rings is 2. The maximum absolute atomic E-state index is 13.0. The van der Waals surface area contributed by atoms with Crippen molar-refractivity contribution in [3.8, 4) is 28.6 Å². The van der Waals surface area contributed by atoms with E-state index in [0.29, 0.717) is 15.8 Å². The lowest BCUT2D eigenvalue weighted by Gasteiger charge is -2.10. The van der Waals surface area contributed by atoms with Crippen LogP contribution in [0.25, 0.3) is 22.3 Å². The van der Waals surface area contributed by atoms with Gasteiger partial charge >= 0.3 is 0 Å². The standard InChI is InChI=1S/C16H11FO4S/c1-20-16-10(18)6-12-14(15(16)19)13(22)7-11(21-12)8-2-4-9(17)5-3-8/h2-7,18-19H,1H3. The maximum atomic E-state index is 13.0. The van der Waals surface area contributed by atoms with Gasteiger partial charge in [0.1, 0.15) is 17.2 Å². The van der Waals surface area contributed by atoms with E-state index in [1.807, 2.05) is 0 Å². The Morgan fingerprint density at radius 3 is 2.45 bits per heavy atom. The zero-order chi connectivity index (χ0) is 15.9. The minimum Gasteiger partial charge on any atom is -0.504 e. The maximum Gasteiger partial charge on any atom is 0.203 e. The number of hydrogen-bond acceptors (Lipinski definition) is 5. The van der Waals surface area contributed by atoms with Crippen molar-refractivity contribution in [1.29, 1.82) is 0 Å². The molecule has 22 heavy (non-hydrogen) atoms. The topological polar surface area (TPSA) is 62.8 Å². The third kappa shape index (κ3) is 2.27. The molecule has 0 unspecified atom stereocenters. The van der Waals surface area contributed by atoms with Crippen molar-refractivity contribution >= 4 is 23.2 Å². The van der Waals surface area contributed by atoms with E-state index in [1.165, 1.54) is 25.3 Å². The second-order valence-corrected chi connectivity index (χ2v) is 5.07. The fourth-order valence-corrected chi connectivity index (χ4v) is 2.53. The number of methoxy groups -OCH3 is 1. The predicted molar refractivity (Wildman–Crippen MR) is 82.3 cm³/mol. The SMILES string of the molecule is COc1c(O)cc2oc(-c3ccc(F)cc3)cc(=S)c2c1O. The fourth-order valence-electron chi connectivity index (χ4n) is 2.23. The molecule has 2 N–H and O–H groups in total. The summed E-state index contributed by atoms with van der Waals surface area (Å²) in [4.78, 5) is 0. The quantitative estimate of drug-likeness (QED) is 0.686. The van der Waals surface area contributed by atoms with Gasteiger partial charge in [-0.2, -0.15) is 0 Å². The summed E-state index contributed by atoms with van der Waals surface area (Å²) < 4.78 is 23.9. The summed E-state index contributed by atoms with van der Waals surface area (Å²) in [6.07, 6.45) is 0. The monoisotopic (exact) mass is 318 g/mol. The minimum atomic E-state index is -0.358. The number of hydrogen-bond donors (Lipinski definition) is 2.